The van der Waals surface area contributed by atoms with Crippen molar-refractivity contribution < 1.29 is 9.53 Å². The molecule has 0 radical (unpaired) electrons. The molecule has 2 rings (SSSR count). The molecule has 1 saturated carbocycles. The predicted octanol–water partition coefficient (Wildman–Crippen LogP) is -0.0886. The third-order valence-corrected chi connectivity index (χ3v) is 1.85. The van der Waals surface area contributed by atoms with E-state index in [-0.39, 0.29) is 5.91 Å². The fourth-order valence-electron chi connectivity index (χ4n) is 0.890. The van der Waals surface area contributed by atoms with E-state index in [2.05, 4.69) is 5.32 Å². The molecule has 1 aliphatic heterocycles. The van der Waals surface area contributed by atoms with Crippen LogP contribution in [0.5, 0.6) is 0 Å². The van der Waals surface area contributed by atoms with Gasteiger partial charge in [-0.05, 0) is 12.8 Å². The molecule has 1 atom stereocenters. The van der Waals surface area contributed by atoms with Gasteiger partial charge in [0.1, 0.15) is 0 Å². The maximum atomic E-state index is 11.0. The smallest absolute Gasteiger partial charge is 0.223 e. The summed E-state index contributed by atoms with van der Waals surface area (Å²) in [7, 11) is 0. The van der Waals surface area contributed by atoms with E-state index in [4.69, 9.17) is 4.74 Å². The first-order valence-electron chi connectivity index (χ1n) is 3.75. The second-order valence-corrected chi connectivity index (χ2v) is 2.97. The third kappa shape index (κ3) is 1.48. The van der Waals surface area contributed by atoms with Crippen LogP contribution in [-0.2, 0) is 9.53 Å². The summed E-state index contributed by atoms with van der Waals surface area (Å²) in [5.74, 6) is 0.550. The largest absolute Gasteiger partial charge is 0.371 e. The van der Waals surface area contributed by atoms with Gasteiger partial charge in [-0.3, -0.25) is 4.79 Å². The summed E-state index contributed by atoms with van der Waals surface area (Å²) >= 11 is 0. The Hall–Kier alpha value is -0.570. The maximum Gasteiger partial charge on any atom is 0.223 e. The molecule has 3 heteroatoms. The molecule has 0 aromatic rings. The van der Waals surface area contributed by atoms with E-state index in [0.717, 1.165) is 26.0 Å². The zero-order valence-electron chi connectivity index (χ0n) is 5.80. The molecule has 10 heavy (non-hydrogen) atoms. The number of hydrogen-bond donors (Lipinski definition) is 1. The highest BCUT2D eigenvalue weighted by Crippen LogP contribution is 2.28. The molecular weight excluding hydrogens is 130 g/mol. The minimum atomic E-state index is 0.218. The Morgan fingerprint density at radius 1 is 1.60 bits per heavy atom. The Kier molecular flexibility index (Phi) is 1.38. The van der Waals surface area contributed by atoms with Crippen molar-refractivity contribution in [2.75, 3.05) is 13.2 Å². The molecule has 1 saturated heterocycles. The van der Waals surface area contributed by atoms with Crippen LogP contribution in [0.4, 0.5) is 0 Å². The summed E-state index contributed by atoms with van der Waals surface area (Å²) in [6.07, 6.45) is 2.48. The van der Waals surface area contributed by atoms with Crippen molar-refractivity contribution in [3.8, 4) is 0 Å². The first kappa shape index (κ1) is 6.16. The molecule has 1 amide bonds. The number of carbonyl (C=O) groups excluding carboxylic acids is 1. The van der Waals surface area contributed by atoms with E-state index in [1.165, 1.54) is 0 Å². The quantitative estimate of drug-likeness (QED) is 0.558. The highest BCUT2D eigenvalue weighted by atomic mass is 16.6. The first-order valence-corrected chi connectivity index (χ1v) is 3.75. The highest BCUT2D eigenvalue weighted by molar-refractivity contribution is 5.80. The molecule has 3 nitrogen and oxygen atoms in total. The lowest BCUT2D eigenvalue weighted by atomic mass is 10.4. The summed E-state index contributed by atoms with van der Waals surface area (Å²) in [5, 5.41) is 2.84. The van der Waals surface area contributed by atoms with Crippen molar-refractivity contribution in [3.05, 3.63) is 0 Å². The zero-order valence-corrected chi connectivity index (χ0v) is 5.80. The van der Waals surface area contributed by atoms with Crippen LogP contribution in [0, 0.1) is 5.92 Å². The molecule has 1 heterocycles. The molecular formula is C7H11NO2. The number of epoxide rings is 1. The second-order valence-electron chi connectivity index (χ2n) is 2.97. The van der Waals surface area contributed by atoms with Crippen molar-refractivity contribution in [1.82, 2.24) is 5.32 Å². The van der Waals surface area contributed by atoms with Crippen LogP contribution < -0.4 is 5.32 Å². The molecule has 1 N–H and O–H groups in total. The number of nitrogens with one attached hydrogen (secondary N) is 1. The van der Waals surface area contributed by atoms with E-state index < -0.39 is 0 Å². The molecule has 0 aromatic carbocycles. The fraction of sp³-hybridized carbons (Fsp3) is 0.857. The standard InChI is InChI=1S/C7H11NO2/c9-7(5-1-2-5)8-3-6-4-10-6/h5-6H,1-4H2,(H,8,9)/t6-/m1/s1. The summed E-state index contributed by atoms with van der Waals surface area (Å²) in [4.78, 5) is 11.0. The summed E-state index contributed by atoms with van der Waals surface area (Å²) < 4.78 is 4.94. The predicted molar refractivity (Wildman–Crippen MR) is 35.5 cm³/mol. The minimum absolute atomic E-state index is 0.218. The van der Waals surface area contributed by atoms with Crippen molar-refractivity contribution in [2.45, 2.75) is 18.9 Å². The first-order chi connectivity index (χ1) is 4.86. The molecule has 1 aliphatic carbocycles. The lowest BCUT2D eigenvalue weighted by molar-refractivity contribution is -0.122. The van der Waals surface area contributed by atoms with Crippen LogP contribution in [-0.4, -0.2) is 25.2 Å². The number of carbonyl (C=O) groups is 1. The topological polar surface area (TPSA) is 41.6 Å². The van der Waals surface area contributed by atoms with E-state index >= 15 is 0 Å². The molecule has 0 unspecified atom stereocenters. The average Bonchev–Trinajstić information content (AvgIpc) is 2.76. The maximum absolute atomic E-state index is 11.0. The van der Waals surface area contributed by atoms with Gasteiger partial charge in [0.25, 0.3) is 0 Å². The van der Waals surface area contributed by atoms with Crippen LogP contribution in [0.2, 0.25) is 0 Å². The summed E-state index contributed by atoms with van der Waals surface area (Å²) in [6, 6.07) is 0. The van der Waals surface area contributed by atoms with E-state index in [1.54, 1.807) is 0 Å². The van der Waals surface area contributed by atoms with Crippen molar-refractivity contribution >= 4 is 5.91 Å². The minimum Gasteiger partial charge on any atom is -0.371 e. The van der Waals surface area contributed by atoms with Crippen molar-refractivity contribution in [2.24, 2.45) is 5.92 Å². The number of amides is 1. The number of ether oxygens (including phenoxy) is 1. The zero-order chi connectivity index (χ0) is 6.97. The van der Waals surface area contributed by atoms with Crippen LogP contribution in [0.1, 0.15) is 12.8 Å². The Bertz CT molecular complexity index is 150. The third-order valence-electron chi connectivity index (χ3n) is 1.85. The summed E-state index contributed by atoms with van der Waals surface area (Å²) in [6.45, 7) is 1.54. The van der Waals surface area contributed by atoms with Crippen molar-refractivity contribution in [1.29, 1.82) is 0 Å². The van der Waals surface area contributed by atoms with E-state index in [1.807, 2.05) is 0 Å². The van der Waals surface area contributed by atoms with Crippen LogP contribution >= 0.6 is 0 Å². The van der Waals surface area contributed by atoms with Gasteiger partial charge < -0.3 is 10.1 Å². The average molecular weight is 141 g/mol. The molecule has 0 bridgehead atoms. The molecule has 0 spiro atoms. The van der Waals surface area contributed by atoms with Crippen molar-refractivity contribution in [3.63, 3.8) is 0 Å². The monoisotopic (exact) mass is 141 g/mol. The van der Waals surface area contributed by atoms with Gasteiger partial charge >= 0.3 is 0 Å². The molecule has 2 fully saturated rings. The Morgan fingerprint density at radius 3 is 2.80 bits per heavy atom. The fourth-order valence-corrected chi connectivity index (χ4v) is 0.890. The van der Waals surface area contributed by atoms with Gasteiger partial charge in [-0.1, -0.05) is 0 Å². The Balaban J connectivity index is 1.63. The lowest BCUT2D eigenvalue weighted by Gasteiger charge is -1.98. The van der Waals surface area contributed by atoms with Gasteiger partial charge in [-0.15, -0.1) is 0 Å². The lowest BCUT2D eigenvalue weighted by Crippen LogP contribution is -2.28. The molecule has 2 aliphatic rings. The second kappa shape index (κ2) is 2.23. The van der Waals surface area contributed by atoms with Gasteiger partial charge in [0.05, 0.1) is 12.7 Å². The van der Waals surface area contributed by atoms with E-state index in [0.29, 0.717) is 12.0 Å². The van der Waals surface area contributed by atoms with Crippen LogP contribution in [0.3, 0.4) is 0 Å². The van der Waals surface area contributed by atoms with Gasteiger partial charge in [0.15, 0.2) is 0 Å². The Labute approximate surface area is 59.7 Å². The number of rotatable bonds is 3. The van der Waals surface area contributed by atoms with Gasteiger partial charge in [0.2, 0.25) is 5.91 Å². The SMILES string of the molecule is O=C(NC[C@@H]1CO1)C1CC1. The molecule has 0 aromatic heterocycles. The van der Waals surface area contributed by atoms with Crippen LogP contribution in [0.15, 0.2) is 0 Å². The normalized spacial score (nSPS) is 29.8. The number of hydrogen-bond acceptors (Lipinski definition) is 2. The molecule has 56 valence electrons. The summed E-state index contributed by atoms with van der Waals surface area (Å²) in [5.41, 5.74) is 0. The van der Waals surface area contributed by atoms with Gasteiger partial charge in [0, 0.05) is 12.5 Å². The van der Waals surface area contributed by atoms with E-state index in [9.17, 15) is 4.79 Å². The van der Waals surface area contributed by atoms with Gasteiger partial charge in [-0.25, -0.2) is 0 Å². The highest BCUT2D eigenvalue weighted by Gasteiger charge is 2.31. The van der Waals surface area contributed by atoms with Crippen LogP contribution in [0.25, 0.3) is 0 Å². The van der Waals surface area contributed by atoms with Gasteiger partial charge in [-0.2, -0.15) is 0 Å². The Morgan fingerprint density at radius 2 is 2.30 bits per heavy atom.